The molecule has 1 atom stereocenters. The zero-order valence-corrected chi connectivity index (χ0v) is 16.0. The smallest absolute Gasteiger partial charge is 0.329 e. The van der Waals surface area contributed by atoms with Gasteiger partial charge in [0.1, 0.15) is 18.2 Å². The van der Waals surface area contributed by atoms with E-state index in [1.807, 2.05) is 30.3 Å². The third-order valence-corrected chi connectivity index (χ3v) is 5.89. The maximum absolute atomic E-state index is 14.3. The molecule has 1 aliphatic rings. The molecule has 1 aliphatic heterocycles. The Morgan fingerprint density at radius 1 is 1.33 bits per heavy atom. The van der Waals surface area contributed by atoms with E-state index in [2.05, 4.69) is 20.9 Å². The second-order valence-electron chi connectivity index (χ2n) is 6.75. The highest BCUT2D eigenvalue weighted by atomic mass is 79.9. The molecular formula is C20H15BrFN3O2. The molecule has 5 nitrogen and oxygen atoms in total. The summed E-state index contributed by atoms with van der Waals surface area (Å²) in [6.45, 7) is 0.264. The predicted molar refractivity (Wildman–Crippen MR) is 105 cm³/mol. The molecule has 136 valence electrons. The monoisotopic (exact) mass is 427 g/mol. The molecule has 0 amide bonds. The zero-order chi connectivity index (χ0) is 18.7. The van der Waals surface area contributed by atoms with Crippen molar-refractivity contribution in [1.82, 2.24) is 14.1 Å². The largest absolute Gasteiger partial charge is 0.489 e. The fraction of sp³-hybridized carbons (Fsp3) is 0.200. The van der Waals surface area contributed by atoms with Crippen LogP contribution in [0.4, 0.5) is 4.39 Å². The van der Waals surface area contributed by atoms with Gasteiger partial charge >= 0.3 is 5.69 Å². The Hall–Kier alpha value is -2.67. The summed E-state index contributed by atoms with van der Waals surface area (Å²) in [5.41, 5.74) is 2.89. The summed E-state index contributed by atoms with van der Waals surface area (Å²) in [7, 11) is 1.73. The van der Waals surface area contributed by atoms with Crippen LogP contribution in [0.5, 0.6) is 5.75 Å². The van der Waals surface area contributed by atoms with Crippen molar-refractivity contribution in [3.05, 3.63) is 68.9 Å². The first-order valence-electron chi connectivity index (χ1n) is 8.60. The lowest BCUT2D eigenvalue weighted by molar-refractivity contribution is 0.252. The van der Waals surface area contributed by atoms with Crippen LogP contribution in [0.1, 0.15) is 11.6 Å². The van der Waals surface area contributed by atoms with Crippen LogP contribution in [0, 0.1) is 5.82 Å². The molecule has 7 heteroatoms. The highest BCUT2D eigenvalue weighted by Gasteiger charge is 2.29. The van der Waals surface area contributed by atoms with E-state index in [-0.39, 0.29) is 22.8 Å². The van der Waals surface area contributed by atoms with Gasteiger partial charge in [-0.25, -0.2) is 9.18 Å². The van der Waals surface area contributed by atoms with E-state index in [4.69, 9.17) is 4.74 Å². The lowest BCUT2D eigenvalue weighted by Crippen LogP contribution is -2.30. The standard InChI is InChI=1S/C20H15BrFN3O2/c1-24-15-9-23-14-8-13(22)17(21)19-16(14)18(15)25(20(24)26)12(10-27-19)7-11-5-3-2-4-6-11/h2-6,8-9,12H,7,10H2,1H3/t12-/m1/s1. The summed E-state index contributed by atoms with van der Waals surface area (Å²) in [6.07, 6.45) is 2.26. The first-order valence-corrected chi connectivity index (χ1v) is 9.40. The Labute approximate surface area is 162 Å². The summed E-state index contributed by atoms with van der Waals surface area (Å²) in [5.74, 6) is -0.0336. The molecular weight excluding hydrogens is 413 g/mol. The van der Waals surface area contributed by atoms with Crippen LogP contribution >= 0.6 is 15.9 Å². The van der Waals surface area contributed by atoms with Crippen molar-refractivity contribution >= 4 is 37.9 Å². The predicted octanol–water partition coefficient (Wildman–Crippen LogP) is 3.97. The summed E-state index contributed by atoms with van der Waals surface area (Å²) >= 11 is 3.30. The summed E-state index contributed by atoms with van der Waals surface area (Å²) < 4.78 is 24.0. The fourth-order valence-electron chi connectivity index (χ4n) is 3.85. The molecule has 2 aromatic heterocycles. The molecule has 0 fully saturated rings. The highest BCUT2D eigenvalue weighted by Crippen LogP contribution is 2.41. The lowest BCUT2D eigenvalue weighted by Gasteiger charge is -2.17. The van der Waals surface area contributed by atoms with Gasteiger partial charge in [0.25, 0.3) is 0 Å². The highest BCUT2D eigenvalue weighted by molar-refractivity contribution is 9.10. The fourth-order valence-corrected chi connectivity index (χ4v) is 4.28. The normalized spacial score (nSPS) is 16.0. The Balaban J connectivity index is 1.85. The average Bonchev–Trinajstić information content (AvgIpc) is 2.82. The second kappa shape index (κ2) is 5.92. The molecule has 0 bridgehead atoms. The first-order chi connectivity index (χ1) is 13.1. The molecule has 5 rings (SSSR count). The summed E-state index contributed by atoms with van der Waals surface area (Å²) in [5, 5.41) is 0.661. The molecule has 0 saturated heterocycles. The Bertz CT molecular complexity index is 1260. The number of pyridine rings is 1. The maximum Gasteiger partial charge on any atom is 0.329 e. The Morgan fingerprint density at radius 3 is 2.89 bits per heavy atom. The zero-order valence-electron chi connectivity index (χ0n) is 14.4. The quantitative estimate of drug-likeness (QED) is 0.486. The third-order valence-electron chi connectivity index (χ3n) is 5.16. The van der Waals surface area contributed by atoms with Gasteiger partial charge in [-0.15, -0.1) is 0 Å². The molecule has 0 saturated carbocycles. The van der Waals surface area contributed by atoms with Gasteiger partial charge in [0.05, 0.1) is 38.6 Å². The van der Waals surface area contributed by atoms with E-state index in [9.17, 15) is 9.18 Å². The molecule has 2 aromatic carbocycles. The van der Waals surface area contributed by atoms with E-state index in [1.165, 1.54) is 6.07 Å². The molecule has 0 unspecified atom stereocenters. The molecule has 0 spiro atoms. The molecule has 3 heterocycles. The van der Waals surface area contributed by atoms with E-state index >= 15 is 0 Å². The SMILES string of the molecule is Cn1c(=O)n2c3c4c(c(Br)c(F)cc4ncc31)OC[C@H]2Cc1ccccc1. The number of imidazole rings is 1. The Morgan fingerprint density at radius 2 is 2.11 bits per heavy atom. The van der Waals surface area contributed by atoms with Crippen LogP contribution in [0.15, 0.2) is 51.9 Å². The second-order valence-corrected chi connectivity index (χ2v) is 7.55. The number of rotatable bonds is 2. The molecule has 0 N–H and O–H groups in total. The van der Waals surface area contributed by atoms with E-state index in [1.54, 1.807) is 22.4 Å². The number of aryl methyl sites for hydroxylation is 1. The van der Waals surface area contributed by atoms with Crippen molar-refractivity contribution < 1.29 is 9.13 Å². The molecule has 0 radical (unpaired) electrons. The van der Waals surface area contributed by atoms with Gasteiger partial charge in [-0.1, -0.05) is 30.3 Å². The summed E-state index contributed by atoms with van der Waals surface area (Å²) in [6, 6.07) is 11.1. The van der Waals surface area contributed by atoms with Crippen molar-refractivity contribution in [2.45, 2.75) is 12.5 Å². The van der Waals surface area contributed by atoms with Crippen molar-refractivity contribution in [1.29, 1.82) is 0 Å². The van der Waals surface area contributed by atoms with Crippen molar-refractivity contribution in [2.75, 3.05) is 6.61 Å². The van der Waals surface area contributed by atoms with E-state index < -0.39 is 5.82 Å². The van der Waals surface area contributed by atoms with Gasteiger partial charge in [0, 0.05) is 13.1 Å². The van der Waals surface area contributed by atoms with Gasteiger partial charge in [-0.2, -0.15) is 0 Å². The van der Waals surface area contributed by atoms with Crippen LogP contribution in [-0.4, -0.2) is 20.7 Å². The van der Waals surface area contributed by atoms with Gasteiger partial charge in [0.2, 0.25) is 0 Å². The number of hydrogen-bond donors (Lipinski definition) is 0. The van der Waals surface area contributed by atoms with Crippen LogP contribution in [0.2, 0.25) is 0 Å². The van der Waals surface area contributed by atoms with Gasteiger partial charge in [-0.05, 0) is 27.9 Å². The molecule has 4 aromatic rings. The Kier molecular flexibility index (Phi) is 3.62. The first kappa shape index (κ1) is 16.5. The molecule has 27 heavy (non-hydrogen) atoms. The number of nitrogens with zero attached hydrogens (tertiary/aromatic N) is 3. The van der Waals surface area contributed by atoms with Gasteiger partial charge < -0.3 is 4.74 Å². The topological polar surface area (TPSA) is 49.0 Å². The van der Waals surface area contributed by atoms with Crippen molar-refractivity contribution in [3.63, 3.8) is 0 Å². The van der Waals surface area contributed by atoms with Crippen LogP contribution in [-0.2, 0) is 13.5 Å². The van der Waals surface area contributed by atoms with Crippen LogP contribution in [0.25, 0.3) is 21.9 Å². The molecule has 0 aliphatic carbocycles. The van der Waals surface area contributed by atoms with Crippen LogP contribution in [0.3, 0.4) is 0 Å². The van der Waals surface area contributed by atoms with Crippen LogP contribution < -0.4 is 10.4 Å². The minimum absolute atomic E-state index is 0.128. The van der Waals surface area contributed by atoms with E-state index in [0.717, 1.165) is 11.1 Å². The average molecular weight is 428 g/mol. The van der Waals surface area contributed by atoms with Crippen molar-refractivity contribution in [2.24, 2.45) is 7.05 Å². The maximum atomic E-state index is 14.3. The lowest BCUT2D eigenvalue weighted by atomic mass is 10.1. The third kappa shape index (κ3) is 2.34. The number of ether oxygens (including phenoxy) is 1. The summed E-state index contributed by atoms with van der Waals surface area (Å²) in [4.78, 5) is 17.4. The van der Waals surface area contributed by atoms with E-state index in [0.29, 0.717) is 28.6 Å². The number of hydrogen-bond acceptors (Lipinski definition) is 3. The minimum Gasteiger partial charge on any atom is -0.489 e. The number of aromatic nitrogens is 3. The van der Waals surface area contributed by atoms with Gasteiger partial charge in [-0.3, -0.25) is 14.1 Å². The number of halogens is 2. The minimum atomic E-state index is -0.435. The number of benzene rings is 2. The van der Waals surface area contributed by atoms with Gasteiger partial charge in [0.15, 0.2) is 0 Å². The van der Waals surface area contributed by atoms with Crippen molar-refractivity contribution in [3.8, 4) is 5.75 Å².